The first-order valence-electron chi connectivity index (χ1n) is 10.2. The van der Waals surface area contributed by atoms with Gasteiger partial charge in [0, 0.05) is 26.1 Å². The number of nitrogens with zero attached hydrogens (tertiary/aromatic N) is 1. The zero-order chi connectivity index (χ0) is 19.8. The number of benzene rings is 2. The second kappa shape index (κ2) is 10.1. The minimum Gasteiger partial charge on any atom is -0.355 e. The fourth-order valence-electron chi connectivity index (χ4n) is 4.05. The molecule has 2 aromatic carbocycles. The molecule has 0 aliphatic heterocycles. The Bertz CT molecular complexity index is 753. The highest BCUT2D eigenvalue weighted by molar-refractivity contribution is 5.80. The minimum absolute atomic E-state index is 0.0370. The summed E-state index contributed by atoms with van der Waals surface area (Å²) in [5, 5.41) is 2.86. The van der Waals surface area contributed by atoms with Gasteiger partial charge in [-0.25, -0.2) is 0 Å². The van der Waals surface area contributed by atoms with E-state index >= 15 is 0 Å². The summed E-state index contributed by atoms with van der Waals surface area (Å²) in [6, 6.07) is 20.6. The molecule has 148 valence electrons. The van der Waals surface area contributed by atoms with Gasteiger partial charge in [0.15, 0.2) is 0 Å². The molecule has 0 saturated heterocycles. The van der Waals surface area contributed by atoms with E-state index in [1.54, 1.807) is 0 Å². The fourth-order valence-corrected chi connectivity index (χ4v) is 4.05. The van der Waals surface area contributed by atoms with Gasteiger partial charge in [-0.2, -0.15) is 0 Å². The molecule has 28 heavy (non-hydrogen) atoms. The van der Waals surface area contributed by atoms with Gasteiger partial charge in [-0.1, -0.05) is 60.7 Å². The van der Waals surface area contributed by atoms with Crippen LogP contribution in [0, 0.1) is 0 Å². The van der Waals surface area contributed by atoms with Crippen LogP contribution in [0.15, 0.2) is 60.7 Å². The van der Waals surface area contributed by atoms with Gasteiger partial charge in [-0.15, -0.1) is 0 Å². The monoisotopic (exact) mass is 378 g/mol. The smallest absolute Gasteiger partial charge is 0.224 e. The summed E-state index contributed by atoms with van der Waals surface area (Å²) in [6.45, 7) is 0.397. The molecule has 0 unspecified atom stereocenters. The molecule has 0 atom stereocenters. The highest BCUT2D eigenvalue weighted by atomic mass is 16.2. The van der Waals surface area contributed by atoms with E-state index in [0.717, 1.165) is 31.2 Å². The van der Waals surface area contributed by atoms with Gasteiger partial charge in [-0.3, -0.25) is 9.59 Å². The van der Waals surface area contributed by atoms with E-state index < -0.39 is 0 Å². The molecule has 0 radical (unpaired) electrons. The Morgan fingerprint density at radius 3 is 2.18 bits per heavy atom. The molecular weight excluding hydrogens is 348 g/mol. The lowest BCUT2D eigenvalue weighted by Crippen LogP contribution is -2.40. The Morgan fingerprint density at radius 2 is 1.54 bits per heavy atom. The summed E-state index contributed by atoms with van der Waals surface area (Å²) < 4.78 is 0. The largest absolute Gasteiger partial charge is 0.355 e. The lowest BCUT2D eigenvalue weighted by Gasteiger charge is -2.35. The maximum absolute atomic E-state index is 12.5. The van der Waals surface area contributed by atoms with Gasteiger partial charge >= 0.3 is 0 Å². The number of amides is 2. The van der Waals surface area contributed by atoms with Gasteiger partial charge in [-0.05, 0) is 42.7 Å². The molecule has 4 nitrogen and oxygen atoms in total. The van der Waals surface area contributed by atoms with Crippen LogP contribution >= 0.6 is 0 Å². The van der Waals surface area contributed by atoms with E-state index in [-0.39, 0.29) is 11.8 Å². The van der Waals surface area contributed by atoms with Crippen molar-refractivity contribution in [2.45, 2.75) is 50.5 Å². The number of nitrogens with one attached hydrogen (secondary N) is 1. The van der Waals surface area contributed by atoms with Crippen molar-refractivity contribution in [1.29, 1.82) is 0 Å². The fraction of sp³-hybridized carbons (Fsp3) is 0.417. The van der Waals surface area contributed by atoms with Crippen LogP contribution in [0.2, 0.25) is 0 Å². The lowest BCUT2D eigenvalue weighted by molar-refractivity contribution is -0.132. The minimum atomic E-state index is -0.0370. The zero-order valence-corrected chi connectivity index (χ0v) is 16.6. The average molecular weight is 379 g/mol. The van der Waals surface area contributed by atoms with Crippen molar-refractivity contribution < 1.29 is 9.59 Å². The zero-order valence-electron chi connectivity index (χ0n) is 16.6. The Kier molecular flexibility index (Phi) is 7.24. The Labute approximate surface area is 167 Å². The van der Waals surface area contributed by atoms with Crippen molar-refractivity contribution in [2.24, 2.45) is 0 Å². The van der Waals surface area contributed by atoms with Crippen molar-refractivity contribution in [3.8, 4) is 0 Å². The summed E-state index contributed by atoms with van der Waals surface area (Å²) in [5.41, 5.74) is 2.40. The van der Waals surface area contributed by atoms with E-state index in [2.05, 4.69) is 35.6 Å². The predicted octanol–water partition coefficient (Wildman–Crippen LogP) is 3.92. The maximum Gasteiger partial charge on any atom is 0.224 e. The molecule has 0 spiro atoms. The molecule has 0 bridgehead atoms. The Balaban J connectivity index is 1.37. The summed E-state index contributed by atoms with van der Waals surface area (Å²) in [5.74, 6) is 0.687. The molecule has 1 aliphatic carbocycles. The van der Waals surface area contributed by atoms with E-state index in [1.807, 2.05) is 42.3 Å². The van der Waals surface area contributed by atoms with Gasteiger partial charge in [0.1, 0.15) is 0 Å². The summed E-state index contributed by atoms with van der Waals surface area (Å²) in [4.78, 5) is 26.4. The van der Waals surface area contributed by atoms with Crippen molar-refractivity contribution in [3.05, 3.63) is 71.8 Å². The first-order chi connectivity index (χ1) is 13.6. The quantitative estimate of drug-likeness (QED) is 0.794. The molecule has 4 heteroatoms. The van der Waals surface area contributed by atoms with Gasteiger partial charge < -0.3 is 10.2 Å². The first-order valence-corrected chi connectivity index (χ1v) is 10.2. The molecule has 0 aromatic heterocycles. The van der Waals surface area contributed by atoms with Crippen LogP contribution in [0.4, 0.5) is 0 Å². The highest BCUT2D eigenvalue weighted by Crippen LogP contribution is 2.34. The maximum atomic E-state index is 12.5. The van der Waals surface area contributed by atoms with Crippen LogP contribution in [0.5, 0.6) is 0 Å². The van der Waals surface area contributed by atoms with E-state index in [0.29, 0.717) is 31.3 Å². The molecule has 0 heterocycles. The van der Waals surface area contributed by atoms with Crippen LogP contribution < -0.4 is 5.32 Å². The van der Waals surface area contributed by atoms with Crippen LogP contribution in [-0.4, -0.2) is 36.3 Å². The van der Waals surface area contributed by atoms with Crippen molar-refractivity contribution in [3.63, 3.8) is 0 Å². The molecule has 2 amide bonds. The summed E-state index contributed by atoms with van der Waals surface area (Å²) in [7, 11) is 1.90. The molecule has 1 saturated carbocycles. The second-order valence-electron chi connectivity index (χ2n) is 7.68. The predicted molar refractivity (Wildman–Crippen MR) is 112 cm³/mol. The summed E-state index contributed by atoms with van der Waals surface area (Å²) in [6.07, 6.45) is 5.05. The normalized spacial score (nSPS) is 19.0. The van der Waals surface area contributed by atoms with Gasteiger partial charge in [0.2, 0.25) is 11.8 Å². The van der Waals surface area contributed by atoms with Crippen molar-refractivity contribution in [2.75, 3.05) is 13.6 Å². The van der Waals surface area contributed by atoms with Crippen LogP contribution in [0.1, 0.15) is 49.1 Å². The van der Waals surface area contributed by atoms with Crippen LogP contribution in [0.25, 0.3) is 0 Å². The van der Waals surface area contributed by atoms with Crippen LogP contribution in [0.3, 0.4) is 0 Å². The Morgan fingerprint density at radius 1 is 0.929 bits per heavy atom. The third kappa shape index (κ3) is 5.69. The van der Waals surface area contributed by atoms with Gasteiger partial charge in [0.25, 0.3) is 0 Å². The molecule has 2 aromatic rings. The number of carbonyl (C=O) groups is 2. The average Bonchev–Trinajstić information content (AvgIpc) is 2.74. The molecule has 1 aliphatic rings. The van der Waals surface area contributed by atoms with Crippen molar-refractivity contribution in [1.82, 2.24) is 10.2 Å². The lowest BCUT2D eigenvalue weighted by atomic mass is 9.81. The topological polar surface area (TPSA) is 49.4 Å². The number of carbonyl (C=O) groups excluding carboxylic acids is 2. The third-order valence-electron chi connectivity index (χ3n) is 5.78. The first kappa shape index (κ1) is 20.1. The number of hydrogen-bond donors (Lipinski definition) is 1. The van der Waals surface area contributed by atoms with Gasteiger partial charge in [0.05, 0.1) is 6.42 Å². The standard InChI is InChI=1S/C24H30N2O2/c1-26(22-14-12-21(13-15-22)20-10-6-3-7-11-20)24(28)16-17-25-23(27)18-19-8-4-2-5-9-19/h2-11,21-22H,12-18H2,1H3,(H,25,27). The van der Waals surface area contributed by atoms with Crippen LogP contribution in [-0.2, 0) is 16.0 Å². The second-order valence-corrected chi connectivity index (χ2v) is 7.68. The Hall–Kier alpha value is -2.62. The molecule has 3 rings (SSSR count). The number of rotatable bonds is 7. The SMILES string of the molecule is CN(C(=O)CCNC(=O)Cc1ccccc1)C1CCC(c2ccccc2)CC1. The third-order valence-corrected chi connectivity index (χ3v) is 5.78. The summed E-state index contributed by atoms with van der Waals surface area (Å²) >= 11 is 0. The van der Waals surface area contributed by atoms with E-state index in [1.165, 1.54) is 5.56 Å². The van der Waals surface area contributed by atoms with E-state index in [9.17, 15) is 9.59 Å². The molecular formula is C24H30N2O2. The molecule has 1 N–H and O–H groups in total. The van der Waals surface area contributed by atoms with E-state index in [4.69, 9.17) is 0 Å². The highest BCUT2D eigenvalue weighted by Gasteiger charge is 2.27. The molecule has 1 fully saturated rings. The van der Waals surface area contributed by atoms with Crippen molar-refractivity contribution >= 4 is 11.8 Å². The number of hydrogen-bond acceptors (Lipinski definition) is 2.